The van der Waals surface area contributed by atoms with Crippen molar-refractivity contribution < 1.29 is 4.74 Å². The molecule has 0 saturated heterocycles. The zero-order chi connectivity index (χ0) is 11.4. The molecule has 3 heteroatoms. The first kappa shape index (κ1) is 11.5. The van der Waals surface area contributed by atoms with Gasteiger partial charge in [0.1, 0.15) is 17.5 Å². The van der Waals surface area contributed by atoms with Crippen LogP contribution >= 0.6 is 0 Å². The van der Waals surface area contributed by atoms with Crippen LogP contribution in [0.25, 0.3) is 0 Å². The van der Waals surface area contributed by atoms with Crippen LogP contribution in [-0.2, 0) is 0 Å². The molecule has 1 heterocycles. The molecule has 0 aromatic carbocycles. The number of nitrogens with zero attached hydrogens (tertiary/aromatic N) is 2. The van der Waals surface area contributed by atoms with E-state index in [4.69, 9.17) is 10.00 Å². The molecule has 15 heavy (non-hydrogen) atoms. The summed E-state index contributed by atoms with van der Waals surface area (Å²) in [6.07, 6.45) is 1.74. The van der Waals surface area contributed by atoms with Crippen molar-refractivity contribution >= 4 is 0 Å². The van der Waals surface area contributed by atoms with Crippen molar-refractivity contribution in [1.82, 2.24) is 4.98 Å². The van der Waals surface area contributed by atoms with Crippen LogP contribution in [0.5, 0.6) is 5.75 Å². The normalized spacial score (nSPS) is 12.3. The van der Waals surface area contributed by atoms with Crippen molar-refractivity contribution in [3.8, 4) is 11.8 Å². The van der Waals surface area contributed by atoms with Crippen molar-refractivity contribution in [2.24, 2.45) is 5.92 Å². The molecule has 0 fully saturated rings. The fourth-order valence-corrected chi connectivity index (χ4v) is 1.39. The fraction of sp³-hybridized carbons (Fsp3) is 0.500. The standard InChI is InChI=1S/C12H16N2O/c1-8(2)9(3)11-7-14-10(6-13)5-12(11)15-4/h5,7-9H,1-4H3. The predicted octanol–water partition coefficient (Wildman–Crippen LogP) is 2.72. The first-order chi connectivity index (χ1) is 7.10. The Morgan fingerprint density at radius 2 is 2.07 bits per heavy atom. The smallest absolute Gasteiger partial charge is 0.144 e. The summed E-state index contributed by atoms with van der Waals surface area (Å²) >= 11 is 0. The lowest BCUT2D eigenvalue weighted by Crippen LogP contribution is -2.05. The molecular weight excluding hydrogens is 188 g/mol. The first-order valence-corrected chi connectivity index (χ1v) is 5.04. The molecule has 0 saturated carbocycles. The second-order valence-corrected chi connectivity index (χ2v) is 3.96. The number of nitriles is 1. The summed E-state index contributed by atoms with van der Waals surface area (Å²) in [5.74, 6) is 1.65. The number of aromatic nitrogens is 1. The van der Waals surface area contributed by atoms with E-state index in [1.165, 1.54) is 0 Å². The van der Waals surface area contributed by atoms with Gasteiger partial charge in [0.15, 0.2) is 0 Å². The topological polar surface area (TPSA) is 45.9 Å². The first-order valence-electron chi connectivity index (χ1n) is 5.04. The minimum atomic E-state index is 0.375. The molecule has 0 aliphatic rings. The summed E-state index contributed by atoms with van der Waals surface area (Å²) in [5.41, 5.74) is 1.46. The average Bonchev–Trinajstić information content (AvgIpc) is 2.27. The Morgan fingerprint density at radius 3 is 2.53 bits per heavy atom. The molecule has 80 valence electrons. The van der Waals surface area contributed by atoms with Crippen LogP contribution in [0.1, 0.15) is 37.9 Å². The third kappa shape index (κ3) is 2.47. The van der Waals surface area contributed by atoms with Gasteiger partial charge in [-0.3, -0.25) is 0 Å². The highest BCUT2D eigenvalue weighted by Gasteiger charge is 2.15. The van der Waals surface area contributed by atoms with Crippen LogP contribution in [0, 0.1) is 17.2 Å². The van der Waals surface area contributed by atoms with E-state index in [1.807, 2.05) is 6.07 Å². The summed E-state index contributed by atoms with van der Waals surface area (Å²) < 4.78 is 5.27. The van der Waals surface area contributed by atoms with Crippen LogP contribution < -0.4 is 4.74 Å². The van der Waals surface area contributed by atoms with E-state index in [0.717, 1.165) is 11.3 Å². The second-order valence-electron chi connectivity index (χ2n) is 3.96. The van der Waals surface area contributed by atoms with Gasteiger partial charge in [0.25, 0.3) is 0 Å². The maximum atomic E-state index is 8.73. The average molecular weight is 204 g/mol. The van der Waals surface area contributed by atoms with Crippen molar-refractivity contribution in [1.29, 1.82) is 5.26 Å². The molecular formula is C12H16N2O. The molecule has 0 aliphatic carbocycles. The third-order valence-electron chi connectivity index (χ3n) is 2.72. The van der Waals surface area contributed by atoms with Crippen molar-refractivity contribution in [2.75, 3.05) is 7.11 Å². The molecule has 3 nitrogen and oxygen atoms in total. The van der Waals surface area contributed by atoms with Crippen molar-refractivity contribution in [2.45, 2.75) is 26.7 Å². The van der Waals surface area contributed by atoms with E-state index in [0.29, 0.717) is 17.5 Å². The minimum Gasteiger partial charge on any atom is -0.496 e. The molecule has 0 radical (unpaired) electrons. The van der Waals surface area contributed by atoms with Gasteiger partial charge in [0.05, 0.1) is 7.11 Å². The lowest BCUT2D eigenvalue weighted by molar-refractivity contribution is 0.397. The molecule has 0 bridgehead atoms. The number of pyridine rings is 1. The van der Waals surface area contributed by atoms with E-state index < -0.39 is 0 Å². The Kier molecular flexibility index (Phi) is 3.68. The zero-order valence-corrected chi connectivity index (χ0v) is 9.61. The number of hydrogen-bond donors (Lipinski definition) is 0. The molecule has 1 rings (SSSR count). The Balaban J connectivity index is 3.14. The predicted molar refractivity (Wildman–Crippen MR) is 58.8 cm³/mol. The molecule has 1 aromatic rings. The highest BCUT2D eigenvalue weighted by atomic mass is 16.5. The number of rotatable bonds is 3. The number of hydrogen-bond acceptors (Lipinski definition) is 3. The van der Waals surface area contributed by atoms with Crippen LogP contribution in [0.2, 0.25) is 0 Å². The monoisotopic (exact) mass is 204 g/mol. The largest absolute Gasteiger partial charge is 0.496 e. The molecule has 1 unspecified atom stereocenters. The summed E-state index contributed by atoms with van der Waals surface area (Å²) in [5, 5.41) is 8.73. The van der Waals surface area contributed by atoms with Gasteiger partial charge in [-0.05, 0) is 11.8 Å². The highest BCUT2D eigenvalue weighted by Crippen LogP contribution is 2.31. The third-order valence-corrected chi connectivity index (χ3v) is 2.72. The molecule has 1 aromatic heterocycles. The minimum absolute atomic E-state index is 0.375. The molecule has 0 aliphatic heterocycles. The van der Waals surface area contributed by atoms with Crippen molar-refractivity contribution in [3.05, 3.63) is 23.5 Å². The van der Waals surface area contributed by atoms with Crippen LogP contribution in [0.4, 0.5) is 0 Å². The molecule has 0 spiro atoms. The van der Waals surface area contributed by atoms with Gasteiger partial charge in [-0.15, -0.1) is 0 Å². The Morgan fingerprint density at radius 1 is 1.40 bits per heavy atom. The SMILES string of the molecule is COc1cc(C#N)ncc1C(C)C(C)C. The van der Waals surface area contributed by atoms with Crippen LogP contribution in [-0.4, -0.2) is 12.1 Å². The van der Waals surface area contributed by atoms with Gasteiger partial charge in [0.2, 0.25) is 0 Å². The lowest BCUT2D eigenvalue weighted by Gasteiger charge is -2.18. The Labute approximate surface area is 90.7 Å². The number of methoxy groups -OCH3 is 1. The van der Waals surface area contributed by atoms with Gasteiger partial charge in [-0.2, -0.15) is 5.26 Å². The van der Waals surface area contributed by atoms with Crippen LogP contribution in [0.15, 0.2) is 12.3 Å². The highest BCUT2D eigenvalue weighted by molar-refractivity contribution is 5.39. The van der Waals surface area contributed by atoms with E-state index in [-0.39, 0.29) is 0 Å². The van der Waals surface area contributed by atoms with E-state index in [2.05, 4.69) is 25.8 Å². The van der Waals surface area contributed by atoms with Gasteiger partial charge in [-0.1, -0.05) is 20.8 Å². The summed E-state index contributed by atoms with van der Waals surface area (Å²) in [4.78, 5) is 4.07. The second kappa shape index (κ2) is 4.79. The van der Waals surface area contributed by atoms with Crippen LogP contribution in [0.3, 0.4) is 0 Å². The van der Waals surface area contributed by atoms with Gasteiger partial charge >= 0.3 is 0 Å². The van der Waals surface area contributed by atoms with Gasteiger partial charge in [0, 0.05) is 17.8 Å². The van der Waals surface area contributed by atoms with E-state index in [9.17, 15) is 0 Å². The summed E-state index contributed by atoms with van der Waals surface area (Å²) in [6, 6.07) is 3.69. The molecule has 1 atom stereocenters. The lowest BCUT2D eigenvalue weighted by atomic mass is 9.91. The summed E-state index contributed by atoms with van der Waals surface area (Å²) in [6.45, 7) is 6.45. The Bertz CT molecular complexity index is 380. The zero-order valence-electron chi connectivity index (χ0n) is 9.61. The van der Waals surface area contributed by atoms with Crippen molar-refractivity contribution in [3.63, 3.8) is 0 Å². The summed E-state index contributed by atoms with van der Waals surface area (Å²) in [7, 11) is 1.62. The van der Waals surface area contributed by atoms with E-state index >= 15 is 0 Å². The maximum Gasteiger partial charge on any atom is 0.144 e. The number of ether oxygens (including phenoxy) is 1. The van der Waals surface area contributed by atoms with E-state index in [1.54, 1.807) is 19.4 Å². The molecule has 0 amide bonds. The quantitative estimate of drug-likeness (QED) is 0.760. The van der Waals surface area contributed by atoms with Gasteiger partial charge < -0.3 is 4.74 Å². The Hall–Kier alpha value is -1.56. The fourth-order valence-electron chi connectivity index (χ4n) is 1.39. The van der Waals surface area contributed by atoms with Gasteiger partial charge in [-0.25, -0.2) is 4.98 Å². The maximum absolute atomic E-state index is 8.73. The molecule has 0 N–H and O–H groups in total.